The lowest BCUT2D eigenvalue weighted by atomic mass is 10.4. The summed E-state index contributed by atoms with van der Waals surface area (Å²) in [5.41, 5.74) is 0. The van der Waals surface area contributed by atoms with Gasteiger partial charge in [0, 0.05) is 23.4 Å². The summed E-state index contributed by atoms with van der Waals surface area (Å²) in [7, 11) is 0. The number of thioether (sulfide) groups is 1. The van der Waals surface area contributed by atoms with Gasteiger partial charge in [-0.05, 0) is 6.42 Å². The first-order valence-corrected chi connectivity index (χ1v) is 6.92. The van der Waals surface area contributed by atoms with E-state index in [9.17, 15) is 0 Å². The number of hydrogen-bond donors (Lipinski definition) is 0. The lowest BCUT2D eigenvalue weighted by Gasteiger charge is -2.28. The predicted octanol–water partition coefficient (Wildman–Crippen LogP) is 2.57. The van der Waals surface area contributed by atoms with Crippen molar-refractivity contribution in [2.45, 2.75) is 13.0 Å². The van der Waals surface area contributed by atoms with Crippen molar-refractivity contribution >= 4 is 39.9 Å². The molecule has 2 rings (SSSR count). The topological polar surface area (TPSA) is 52.3 Å². The Balaban J connectivity index is 2.07. The summed E-state index contributed by atoms with van der Waals surface area (Å²) >= 11 is 8.87. The van der Waals surface area contributed by atoms with E-state index in [0.717, 1.165) is 35.3 Å². The summed E-state index contributed by atoms with van der Waals surface area (Å²) in [5, 5.41) is 9.40. The summed E-state index contributed by atoms with van der Waals surface area (Å²) in [6.07, 6.45) is 4.73. The van der Waals surface area contributed by atoms with Crippen molar-refractivity contribution in [3.05, 3.63) is 15.5 Å². The molecule has 1 fully saturated rings. The van der Waals surface area contributed by atoms with Crippen LogP contribution in [0.25, 0.3) is 0 Å². The molecule has 1 aliphatic rings. The Morgan fingerprint density at radius 3 is 3.25 bits per heavy atom. The molecule has 0 spiro atoms. The number of aliphatic imine (C=N–C) groups is 1. The average Bonchev–Trinajstić information content (AvgIpc) is 2.67. The largest absolute Gasteiger partial charge is 0.345 e. The van der Waals surface area contributed by atoms with Gasteiger partial charge in [0.1, 0.15) is 0 Å². The van der Waals surface area contributed by atoms with Crippen LogP contribution in [0.5, 0.6) is 0 Å². The molecule has 0 aromatic carbocycles. The highest BCUT2D eigenvalue weighted by Gasteiger charge is 2.18. The molecule has 0 bridgehead atoms. The third-order valence-corrected chi connectivity index (χ3v) is 4.29. The second-order valence-corrected chi connectivity index (χ2v) is 5.96. The molecule has 0 radical (unpaired) electrons. The van der Waals surface area contributed by atoms with E-state index in [4.69, 9.17) is 16.9 Å². The molecule has 0 aliphatic carbocycles. The van der Waals surface area contributed by atoms with Gasteiger partial charge in [-0.3, -0.25) is 0 Å². The summed E-state index contributed by atoms with van der Waals surface area (Å²) in [5.74, 6) is 1.03. The maximum absolute atomic E-state index is 8.60. The molecule has 0 unspecified atom stereocenters. The minimum Gasteiger partial charge on any atom is -0.345 e. The van der Waals surface area contributed by atoms with E-state index in [0.29, 0.717) is 4.47 Å². The molecular formula is C9H9ClN4S2. The molecule has 7 heteroatoms. The minimum atomic E-state index is 0.554. The Bertz CT molecular complexity index is 437. The fraction of sp³-hybridized carbons (Fsp3) is 0.444. The number of thiazole rings is 1. The number of nitrogens with zero attached hydrogens (tertiary/aromatic N) is 4. The van der Waals surface area contributed by atoms with E-state index >= 15 is 0 Å². The highest BCUT2D eigenvalue weighted by atomic mass is 35.5. The number of amidine groups is 1. The molecule has 1 aromatic rings. The minimum absolute atomic E-state index is 0.554. The van der Waals surface area contributed by atoms with Crippen LogP contribution in [0.15, 0.2) is 11.2 Å². The van der Waals surface area contributed by atoms with Crippen LogP contribution in [0, 0.1) is 11.5 Å². The van der Waals surface area contributed by atoms with Gasteiger partial charge < -0.3 is 4.90 Å². The van der Waals surface area contributed by atoms with Crippen molar-refractivity contribution in [3.8, 4) is 6.19 Å². The first-order valence-electron chi connectivity index (χ1n) is 4.74. The average molecular weight is 273 g/mol. The van der Waals surface area contributed by atoms with Gasteiger partial charge in [0.2, 0.25) is 6.19 Å². The Kier molecular flexibility index (Phi) is 4.04. The van der Waals surface area contributed by atoms with Crippen molar-refractivity contribution in [2.75, 3.05) is 12.3 Å². The normalized spacial score (nSPS) is 18.8. The van der Waals surface area contributed by atoms with E-state index in [1.807, 2.05) is 6.19 Å². The van der Waals surface area contributed by atoms with Crippen LogP contribution in [-0.4, -0.2) is 27.3 Å². The van der Waals surface area contributed by atoms with Crippen LogP contribution in [0.1, 0.15) is 11.3 Å². The molecule has 0 saturated carbocycles. The first-order chi connectivity index (χ1) is 7.79. The van der Waals surface area contributed by atoms with Gasteiger partial charge in [-0.15, -0.1) is 16.3 Å². The van der Waals surface area contributed by atoms with Gasteiger partial charge in [0.25, 0.3) is 0 Å². The van der Waals surface area contributed by atoms with E-state index in [2.05, 4.69) is 14.9 Å². The third kappa shape index (κ3) is 2.88. The Morgan fingerprint density at radius 2 is 2.56 bits per heavy atom. The standard InChI is InChI=1S/C9H9ClN4S2/c10-8-12-4-7(16-8)5-14-2-1-3-15-9(14)13-6-11/h4H,1-3,5H2. The lowest BCUT2D eigenvalue weighted by molar-refractivity contribution is 0.419. The molecule has 0 N–H and O–H groups in total. The van der Waals surface area contributed by atoms with Crippen molar-refractivity contribution < 1.29 is 0 Å². The zero-order valence-electron chi connectivity index (χ0n) is 8.39. The molecule has 2 heterocycles. The number of rotatable bonds is 2. The van der Waals surface area contributed by atoms with Gasteiger partial charge in [-0.25, -0.2) is 4.98 Å². The Labute approximate surface area is 107 Å². The summed E-state index contributed by atoms with van der Waals surface area (Å²) in [6.45, 7) is 1.67. The predicted molar refractivity (Wildman–Crippen MR) is 67.7 cm³/mol. The van der Waals surface area contributed by atoms with Crippen LogP contribution in [0.4, 0.5) is 0 Å². The van der Waals surface area contributed by atoms with Crippen molar-refractivity contribution in [1.29, 1.82) is 5.26 Å². The maximum atomic E-state index is 8.60. The molecular weight excluding hydrogens is 264 g/mol. The molecule has 1 saturated heterocycles. The van der Waals surface area contributed by atoms with Gasteiger partial charge in [-0.2, -0.15) is 5.26 Å². The van der Waals surface area contributed by atoms with Gasteiger partial charge in [0.05, 0.1) is 6.54 Å². The second-order valence-electron chi connectivity index (χ2n) is 3.20. The van der Waals surface area contributed by atoms with E-state index < -0.39 is 0 Å². The fourth-order valence-electron chi connectivity index (χ4n) is 1.44. The summed E-state index contributed by atoms with van der Waals surface area (Å²) < 4.78 is 0.554. The van der Waals surface area contributed by atoms with Crippen LogP contribution < -0.4 is 0 Å². The van der Waals surface area contributed by atoms with E-state index in [-0.39, 0.29) is 0 Å². The fourth-order valence-corrected chi connectivity index (χ4v) is 3.34. The second kappa shape index (κ2) is 5.53. The van der Waals surface area contributed by atoms with Crippen LogP contribution >= 0.6 is 34.7 Å². The van der Waals surface area contributed by atoms with Gasteiger partial charge in [-0.1, -0.05) is 23.4 Å². The van der Waals surface area contributed by atoms with Crippen molar-refractivity contribution in [1.82, 2.24) is 9.88 Å². The number of hydrogen-bond acceptors (Lipinski definition) is 5. The van der Waals surface area contributed by atoms with Crippen molar-refractivity contribution in [2.24, 2.45) is 4.99 Å². The highest BCUT2D eigenvalue weighted by Crippen LogP contribution is 2.24. The van der Waals surface area contributed by atoms with E-state index in [1.54, 1.807) is 18.0 Å². The third-order valence-electron chi connectivity index (χ3n) is 2.09. The summed E-state index contributed by atoms with van der Waals surface area (Å²) in [4.78, 5) is 11.0. The number of halogens is 1. The SMILES string of the molecule is N#CN=C1SCCCN1Cc1cnc(Cl)s1. The molecule has 1 aromatic heterocycles. The van der Waals surface area contributed by atoms with Crippen LogP contribution in [0.3, 0.4) is 0 Å². The maximum Gasteiger partial charge on any atom is 0.208 e. The number of aromatic nitrogens is 1. The Morgan fingerprint density at radius 1 is 1.69 bits per heavy atom. The zero-order chi connectivity index (χ0) is 11.4. The van der Waals surface area contributed by atoms with Crippen LogP contribution in [0.2, 0.25) is 4.47 Å². The van der Waals surface area contributed by atoms with Gasteiger partial charge >= 0.3 is 0 Å². The molecule has 84 valence electrons. The lowest BCUT2D eigenvalue weighted by Crippen LogP contribution is -2.33. The van der Waals surface area contributed by atoms with Crippen molar-refractivity contribution in [3.63, 3.8) is 0 Å². The quantitative estimate of drug-likeness (QED) is 0.777. The van der Waals surface area contributed by atoms with Gasteiger partial charge in [0.15, 0.2) is 9.63 Å². The molecule has 4 nitrogen and oxygen atoms in total. The molecule has 16 heavy (non-hydrogen) atoms. The Hall–Kier alpha value is -0.770. The van der Waals surface area contributed by atoms with Crippen LogP contribution in [-0.2, 0) is 6.54 Å². The monoisotopic (exact) mass is 272 g/mol. The number of nitriles is 1. The summed E-state index contributed by atoms with van der Waals surface area (Å²) in [6, 6.07) is 0. The first kappa shape index (κ1) is 11.7. The van der Waals surface area contributed by atoms with E-state index in [1.165, 1.54) is 11.3 Å². The molecule has 0 atom stereocenters. The molecule has 1 aliphatic heterocycles. The zero-order valence-corrected chi connectivity index (χ0v) is 10.8. The molecule has 0 amide bonds. The highest BCUT2D eigenvalue weighted by molar-refractivity contribution is 8.13. The smallest absolute Gasteiger partial charge is 0.208 e.